The molecule has 2 rings (SSSR count). The number of tetrazole rings is 1. The third-order valence-corrected chi connectivity index (χ3v) is 2.27. The van der Waals surface area contributed by atoms with Crippen LogP contribution in [0.2, 0.25) is 0 Å². The number of hydrogen-bond acceptors (Lipinski definition) is 6. The maximum atomic E-state index is 13.5. The van der Waals surface area contributed by atoms with Crippen molar-refractivity contribution in [1.82, 2.24) is 25.9 Å². The highest BCUT2D eigenvalue weighted by atomic mass is 19.1. The number of amides is 1. The molecule has 0 bridgehead atoms. The molecule has 1 aromatic heterocycles. The van der Waals surface area contributed by atoms with Gasteiger partial charge in [0, 0.05) is 0 Å². The average Bonchev–Trinajstić information content (AvgIpc) is 2.91. The summed E-state index contributed by atoms with van der Waals surface area (Å²) in [5.41, 5.74) is -1.70. The van der Waals surface area contributed by atoms with Gasteiger partial charge < -0.3 is 5.32 Å². The Morgan fingerprint density at radius 2 is 2.15 bits per heavy atom. The van der Waals surface area contributed by atoms with Crippen molar-refractivity contribution in [2.24, 2.45) is 0 Å². The van der Waals surface area contributed by atoms with Gasteiger partial charge in [-0.1, -0.05) is 5.21 Å². The summed E-state index contributed by atoms with van der Waals surface area (Å²) in [6.45, 7) is -0.159. The first-order valence-corrected chi connectivity index (χ1v) is 5.13. The summed E-state index contributed by atoms with van der Waals surface area (Å²) in [5, 5.41) is 25.1. The molecule has 104 valence electrons. The van der Waals surface area contributed by atoms with Gasteiger partial charge >= 0.3 is 5.69 Å². The Labute approximate surface area is 109 Å². The normalized spacial score (nSPS) is 10.3. The molecule has 0 atom stereocenters. The van der Waals surface area contributed by atoms with Gasteiger partial charge in [0.1, 0.15) is 5.82 Å². The van der Waals surface area contributed by atoms with Gasteiger partial charge in [0.05, 0.1) is 23.1 Å². The number of nitrogens with one attached hydrogen (secondary N) is 2. The number of nitro benzene ring substituents is 1. The van der Waals surface area contributed by atoms with Crippen LogP contribution < -0.4 is 5.32 Å². The molecule has 0 aliphatic rings. The fourth-order valence-corrected chi connectivity index (χ4v) is 1.36. The van der Waals surface area contributed by atoms with E-state index >= 15 is 0 Å². The number of nitrogens with zero attached hydrogens (tertiary/aromatic N) is 4. The van der Waals surface area contributed by atoms with E-state index in [1.807, 2.05) is 0 Å². The van der Waals surface area contributed by atoms with Crippen molar-refractivity contribution in [3.63, 3.8) is 0 Å². The molecule has 0 radical (unpaired) electrons. The predicted octanol–water partition coefficient (Wildman–Crippen LogP) is 0.316. The summed E-state index contributed by atoms with van der Waals surface area (Å²) in [6.07, 6.45) is 0. The predicted molar refractivity (Wildman–Crippen MR) is 58.4 cm³/mol. The molecule has 0 aliphatic heterocycles. The van der Waals surface area contributed by atoms with E-state index < -0.39 is 33.7 Å². The molecule has 2 N–H and O–H groups in total. The maximum Gasteiger partial charge on any atom is 0.307 e. The summed E-state index contributed by atoms with van der Waals surface area (Å²) in [4.78, 5) is 20.9. The molecule has 0 saturated heterocycles. The van der Waals surface area contributed by atoms with E-state index in [2.05, 4.69) is 25.9 Å². The number of carbonyl (C=O) groups is 1. The Balaban J connectivity index is 2.17. The number of aromatic amines is 1. The van der Waals surface area contributed by atoms with Crippen molar-refractivity contribution >= 4 is 11.6 Å². The third kappa shape index (κ3) is 2.71. The van der Waals surface area contributed by atoms with E-state index in [4.69, 9.17) is 0 Å². The number of aromatic nitrogens is 4. The molecule has 0 aliphatic carbocycles. The van der Waals surface area contributed by atoms with Gasteiger partial charge in [0.15, 0.2) is 5.82 Å². The van der Waals surface area contributed by atoms with Crippen LogP contribution in [0.25, 0.3) is 0 Å². The first kappa shape index (κ1) is 13.5. The second-order valence-corrected chi connectivity index (χ2v) is 3.55. The van der Waals surface area contributed by atoms with Gasteiger partial charge in [0.2, 0.25) is 5.82 Å². The van der Waals surface area contributed by atoms with Crippen LogP contribution in [0.4, 0.5) is 14.5 Å². The minimum absolute atomic E-state index is 0.140. The molecule has 0 spiro atoms. The summed E-state index contributed by atoms with van der Waals surface area (Å²) in [6, 6.07) is 0.803. The first-order chi connectivity index (χ1) is 9.49. The standard InChI is InChI=1S/C9H6F2N6O3/c10-5-2-7(17(19)20)6(11)1-4(5)9(18)12-3-8-13-15-16-14-8/h1-2H,3H2,(H,12,18)(H,13,14,15,16). The molecule has 2 aromatic rings. The van der Waals surface area contributed by atoms with Gasteiger partial charge in [-0.05, 0) is 6.07 Å². The zero-order valence-electron chi connectivity index (χ0n) is 9.63. The largest absolute Gasteiger partial charge is 0.344 e. The Bertz CT molecular complexity index is 660. The van der Waals surface area contributed by atoms with Crippen molar-refractivity contribution in [2.45, 2.75) is 6.54 Å². The molecule has 20 heavy (non-hydrogen) atoms. The molecule has 0 unspecified atom stereocenters. The number of rotatable bonds is 4. The van der Waals surface area contributed by atoms with Crippen LogP contribution in [0.3, 0.4) is 0 Å². The lowest BCUT2D eigenvalue weighted by Gasteiger charge is -2.04. The molecular weight excluding hydrogens is 278 g/mol. The van der Waals surface area contributed by atoms with Gasteiger partial charge in [0.25, 0.3) is 5.91 Å². The van der Waals surface area contributed by atoms with E-state index in [1.54, 1.807) is 0 Å². The summed E-state index contributed by atoms with van der Waals surface area (Å²) >= 11 is 0. The Morgan fingerprint density at radius 1 is 1.40 bits per heavy atom. The zero-order chi connectivity index (χ0) is 14.7. The van der Waals surface area contributed by atoms with E-state index in [9.17, 15) is 23.7 Å². The smallest absolute Gasteiger partial charge is 0.307 e. The third-order valence-electron chi connectivity index (χ3n) is 2.27. The highest BCUT2D eigenvalue weighted by molar-refractivity contribution is 5.94. The number of benzene rings is 1. The van der Waals surface area contributed by atoms with Crippen LogP contribution in [-0.2, 0) is 6.54 Å². The summed E-state index contributed by atoms with van der Waals surface area (Å²) in [5.74, 6) is -3.33. The maximum absolute atomic E-state index is 13.5. The van der Waals surface area contributed by atoms with Crippen LogP contribution in [0, 0.1) is 21.7 Å². The Morgan fingerprint density at radius 3 is 2.75 bits per heavy atom. The van der Waals surface area contributed by atoms with E-state index in [1.165, 1.54) is 0 Å². The Hall–Kier alpha value is -2.98. The van der Waals surface area contributed by atoms with Crippen molar-refractivity contribution in [3.05, 3.63) is 45.3 Å². The minimum atomic E-state index is -1.30. The molecular formula is C9H6F2N6O3. The molecule has 1 aromatic carbocycles. The fourth-order valence-electron chi connectivity index (χ4n) is 1.36. The highest BCUT2D eigenvalue weighted by Crippen LogP contribution is 2.21. The van der Waals surface area contributed by atoms with Crippen molar-refractivity contribution in [2.75, 3.05) is 0 Å². The Kier molecular flexibility index (Phi) is 3.59. The van der Waals surface area contributed by atoms with Crippen molar-refractivity contribution < 1.29 is 18.5 Å². The fraction of sp³-hybridized carbons (Fsp3) is 0.111. The van der Waals surface area contributed by atoms with Crippen molar-refractivity contribution in [3.8, 4) is 0 Å². The van der Waals surface area contributed by atoms with Gasteiger partial charge in [-0.25, -0.2) is 4.39 Å². The quantitative estimate of drug-likeness (QED) is 0.614. The molecule has 0 saturated carbocycles. The second kappa shape index (κ2) is 5.34. The monoisotopic (exact) mass is 284 g/mol. The number of halogens is 2. The lowest BCUT2D eigenvalue weighted by Crippen LogP contribution is -2.24. The van der Waals surface area contributed by atoms with Crippen LogP contribution >= 0.6 is 0 Å². The number of carbonyl (C=O) groups excluding carboxylic acids is 1. The molecule has 1 heterocycles. The van der Waals surface area contributed by atoms with Crippen LogP contribution in [0.1, 0.15) is 16.2 Å². The number of nitro groups is 1. The summed E-state index contributed by atoms with van der Waals surface area (Å²) in [7, 11) is 0. The minimum Gasteiger partial charge on any atom is -0.344 e. The topological polar surface area (TPSA) is 127 Å². The number of hydrogen-bond donors (Lipinski definition) is 2. The van der Waals surface area contributed by atoms with E-state index in [0.29, 0.717) is 12.1 Å². The highest BCUT2D eigenvalue weighted by Gasteiger charge is 2.22. The van der Waals surface area contributed by atoms with Gasteiger partial charge in [-0.15, -0.1) is 10.2 Å². The van der Waals surface area contributed by atoms with E-state index in [0.717, 1.165) is 0 Å². The van der Waals surface area contributed by atoms with Gasteiger partial charge in [-0.2, -0.15) is 9.60 Å². The average molecular weight is 284 g/mol. The van der Waals surface area contributed by atoms with Crippen LogP contribution in [0.15, 0.2) is 12.1 Å². The molecule has 1 amide bonds. The van der Waals surface area contributed by atoms with Gasteiger partial charge in [-0.3, -0.25) is 14.9 Å². The zero-order valence-corrected chi connectivity index (χ0v) is 9.63. The molecule has 0 fully saturated rings. The number of H-pyrrole nitrogens is 1. The lowest BCUT2D eigenvalue weighted by molar-refractivity contribution is -0.387. The summed E-state index contributed by atoms with van der Waals surface area (Å²) < 4.78 is 26.9. The first-order valence-electron chi connectivity index (χ1n) is 5.13. The van der Waals surface area contributed by atoms with Crippen molar-refractivity contribution in [1.29, 1.82) is 0 Å². The second-order valence-electron chi connectivity index (χ2n) is 3.55. The lowest BCUT2D eigenvalue weighted by atomic mass is 10.1. The van der Waals surface area contributed by atoms with Crippen LogP contribution in [0.5, 0.6) is 0 Å². The molecule has 11 heteroatoms. The van der Waals surface area contributed by atoms with E-state index in [-0.39, 0.29) is 12.4 Å². The van der Waals surface area contributed by atoms with Crippen LogP contribution in [-0.4, -0.2) is 31.5 Å². The SMILES string of the molecule is O=C(NCc1nn[nH]n1)c1cc(F)c([N+](=O)[O-])cc1F. The molecule has 9 nitrogen and oxygen atoms in total.